The molecule has 3 rings (SSSR count). The predicted molar refractivity (Wildman–Crippen MR) is 112 cm³/mol. The minimum Gasteiger partial charge on any atom is -0.462 e. The molecule has 156 valence electrons. The van der Waals surface area contributed by atoms with Crippen molar-refractivity contribution < 1.29 is 28.7 Å². The molecule has 0 spiro atoms. The van der Waals surface area contributed by atoms with E-state index in [-0.39, 0.29) is 34.6 Å². The van der Waals surface area contributed by atoms with E-state index in [1.54, 1.807) is 44.2 Å². The summed E-state index contributed by atoms with van der Waals surface area (Å²) in [6.07, 6.45) is 0. The van der Waals surface area contributed by atoms with Crippen LogP contribution in [0.4, 0.5) is 11.4 Å². The zero-order chi connectivity index (χ0) is 21.7. The van der Waals surface area contributed by atoms with Crippen LogP contribution in [0.3, 0.4) is 0 Å². The average molecular weight is 428 g/mol. The van der Waals surface area contributed by atoms with Crippen LogP contribution in [-0.4, -0.2) is 42.2 Å². The van der Waals surface area contributed by atoms with Crippen LogP contribution in [0.2, 0.25) is 0 Å². The Labute approximate surface area is 177 Å². The molecule has 2 N–H and O–H groups in total. The van der Waals surface area contributed by atoms with Gasteiger partial charge < -0.3 is 20.1 Å². The standard InChI is InChI=1S/C21H20N2O6S/c1-3-28-21(27)14-6-4-5-7-15(14)22-18(24)11-29-20(26)13-8-9-17-16(10-13)23-19(25)12(2)30-17/h4-10,12H,3,11H2,1-2H3,(H,22,24)(H,23,25). The van der Waals surface area contributed by atoms with Crippen molar-refractivity contribution in [2.75, 3.05) is 23.8 Å². The fraction of sp³-hybridized carbons (Fsp3) is 0.238. The van der Waals surface area contributed by atoms with Gasteiger partial charge in [0.2, 0.25) is 5.91 Å². The second-order valence-corrected chi connectivity index (χ2v) is 7.73. The van der Waals surface area contributed by atoms with Gasteiger partial charge in [-0.2, -0.15) is 0 Å². The molecule has 2 aromatic carbocycles. The van der Waals surface area contributed by atoms with E-state index >= 15 is 0 Å². The molecule has 1 aliphatic heterocycles. The summed E-state index contributed by atoms with van der Waals surface area (Å²) in [6, 6.07) is 11.2. The lowest BCUT2D eigenvalue weighted by atomic mass is 10.2. The fourth-order valence-corrected chi connectivity index (χ4v) is 3.65. The van der Waals surface area contributed by atoms with E-state index < -0.39 is 24.5 Å². The summed E-state index contributed by atoms with van der Waals surface area (Å²) in [5, 5.41) is 5.07. The van der Waals surface area contributed by atoms with Gasteiger partial charge in [-0.3, -0.25) is 9.59 Å². The molecule has 1 unspecified atom stereocenters. The first-order valence-corrected chi connectivity index (χ1v) is 10.1. The van der Waals surface area contributed by atoms with E-state index in [2.05, 4.69) is 10.6 Å². The lowest BCUT2D eigenvalue weighted by Crippen LogP contribution is -2.26. The number of benzene rings is 2. The van der Waals surface area contributed by atoms with Crippen molar-refractivity contribution in [3.8, 4) is 0 Å². The molecular weight excluding hydrogens is 408 g/mol. The van der Waals surface area contributed by atoms with Crippen LogP contribution < -0.4 is 10.6 Å². The maximum absolute atomic E-state index is 12.3. The number of carbonyl (C=O) groups is 4. The molecule has 9 heteroatoms. The number of para-hydroxylation sites is 1. The van der Waals surface area contributed by atoms with E-state index in [0.29, 0.717) is 5.69 Å². The maximum Gasteiger partial charge on any atom is 0.340 e. The number of fused-ring (bicyclic) bond motifs is 1. The van der Waals surface area contributed by atoms with Gasteiger partial charge in [0.1, 0.15) is 0 Å². The van der Waals surface area contributed by atoms with Crippen LogP contribution in [0, 0.1) is 0 Å². The van der Waals surface area contributed by atoms with Crippen LogP contribution in [0.1, 0.15) is 34.6 Å². The maximum atomic E-state index is 12.3. The molecule has 2 amide bonds. The lowest BCUT2D eigenvalue weighted by Gasteiger charge is -2.21. The first kappa shape index (κ1) is 21.4. The number of rotatable bonds is 6. The second kappa shape index (κ2) is 9.45. The Kier molecular flexibility index (Phi) is 6.73. The topological polar surface area (TPSA) is 111 Å². The van der Waals surface area contributed by atoms with Crippen molar-refractivity contribution in [2.45, 2.75) is 24.0 Å². The number of carbonyl (C=O) groups excluding carboxylic acids is 4. The van der Waals surface area contributed by atoms with Crippen molar-refractivity contribution in [2.24, 2.45) is 0 Å². The number of amides is 2. The summed E-state index contributed by atoms with van der Waals surface area (Å²) < 4.78 is 10.0. The molecule has 0 saturated heterocycles. The number of thioether (sulfide) groups is 1. The van der Waals surface area contributed by atoms with E-state index in [1.165, 1.54) is 23.9 Å². The van der Waals surface area contributed by atoms with Crippen molar-refractivity contribution in [3.63, 3.8) is 0 Å². The zero-order valence-electron chi connectivity index (χ0n) is 16.4. The average Bonchev–Trinajstić information content (AvgIpc) is 2.73. The number of esters is 2. The van der Waals surface area contributed by atoms with Crippen molar-refractivity contribution >= 4 is 46.9 Å². The summed E-state index contributed by atoms with van der Waals surface area (Å²) in [6.45, 7) is 3.15. The molecule has 0 saturated carbocycles. The van der Waals surface area contributed by atoms with E-state index in [4.69, 9.17) is 9.47 Å². The highest BCUT2D eigenvalue weighted by atomic mass is 32.2. The number of ether oxygens (including phenoxy) is 2. The fourth-order valence-electron chi connectivity index (χ4n) is 2.72. The molecule has 0 aromatic heterocycles. The van der Waals surface area contributed by atoms with E-state index in [9.17, 15) is 19.2 Å². The molecular formula is C21H20N2O6S. The molecule has 0 radical (unpaired) electrons. The highest BCUT2D eigenvalue weighted by Crippen LogP contribution is 2.36. The summed E-state index contributed by atoms with van der Waals surface area (Å²) in [5.41, 5.74) is 1.21. The van der Waals surface area contributed by atoms with Crippen LogP contribution in [0.15, 0.2) is 47.4 Å². The Balaban J connectivity index is 1.61. The molecule has 1 atom stereocenters. The van der Waals surface area contributed by atoms with Crippen molar-refractivity contribution in [3.05, 3.63) is 53.6 Å². The minimum atomic E-state index is -0.704. The van der Waals surface area contributed by atoms with Crippen LogP contribution in [-0.2, 0) is 19.1 Å². The van der Waals surface area contributed by atoms with Gasteiger partial charge in [0.05, 0.1) is 34.4 Å². The monoisotopic (exact) mass is 428 g/mol. The van der Waals surface area contributed by atoms with Gasteiger partial charge in [-0.1, -0.05) is 12.1 Å². The van der Waals surface area contributed by atoms with Crippen LogP contribution >= 0.6 is 11.8 Å². The summed E-state index contributed by atoms with van der Waals surface area (Å²) in [7, 11) is 0. The van der Waals surface area contributed by atoms with Gasteiger partial charge in [-0.05, 0) is 44.2 Å². The summed E-state index contributed by atoms with van der Waals surface area (Å²) >= 11 is 1.40. The van der Waals surface area contributed by atoms with Crippen molar-refractivity contribution in [1.82, 2.24) is 0 Å². The summed E-state index contributed by atoms with van der Waals surface area (Å²) in [5.74, 6) is -2.01. The molecule has 1 aliphatic rings. The number of hydrogen-bond donors (Lipinski definition) is 2. The van der Waals surface area contributed by atoms with Crippen molar-refractivity contribution in [1.29, 1.82) is 0 Å². The third-order valence-electron chi connectivity index (χ3n) is 4.18. The molecule has 1 heterocycles. The molecule has 8 nitrogen and oxygen atoms in total. The molecule has 2 aromatic rings. The van der Waals surface area contributed by atoms with Crippen LogP contribution in [0.25, 0.3) is 0 Å². The Bertz CT molecular complexity index is 1010. The van der Waals surface area contributed by atoms with E-state index in [1.807, 2.05) is 0 Å². The van der Waals surface area contributed by atoms with E-state index in [0.717, 1.165) is 4.90 Å². The van der Waals surface area contributed by atoms with Gasteiger partial charge in [-0.15, -0.1) is 11.8 Å². The number of anilines is 2. The zero-order valence-corrected chi connectivity index (χ0v) is 17.2. The Morgan fingerprint density at radius 1 is 1.10 bits per heavy atom. The second-order valence-electron chi connectivity index (χ2n) is 6.35. The number of nitrogens with one attached hydrogen (secondary N) is 2. The normalized spacial score (nSPS) is 14.9. The third kappa shape index (κ3) is 4.98. The first-order chi connectivity index (χ1) is 14.4. The van der Waals surface area contributed by atoms with Gasteiger partial charge >= 0.3 is 11.9 Å². The first-order valence-electron chi connectivity index (χ1n) is 9.23. The van der Waals surface area contributed by atoms with Gasteiger partial charge in [0.25, 0.3) is 5.91 Å². The van der Waals surface area contributed by atoms with Gasteiger partial charge in [0.15, 0.2) is 6.61 Å². The highest BCUT2D eigenvalue weighted by Gasteiger charge is 2.24. The quantitative estimate of drug-likeness (QED) is 0.680. The number of hydrogen-bond acceptors (Lipinski definition) is 7. The summed E-state index contributed by atoms with van der Waals surface area (Å²) in [4.78, 5) is 49.1. The molecule has 0 aliphatic carbocycles. The minimum absolute atomic E-state index is 0.141. The Hall–Kier alpha value is -3.33. The Morgan fingerprint density at radius 3 is 2.63 bits per heavy atom. The molecule has 0 fully saturated rings. The highest BCUT2D eigenvalue weighted by molar-refractivity contribution is 8.00. The smallest absolute Gasteiger partial charge is 0.340 e. The van der Waals surface area contributed by atoms with Gasteiger partial charge in [0, 0.05) is 4.90 Å². The Morgan fingerprint density at radius 2 is 1.87 bits per heavy atom. The van der Waals surface area contributed by atoms with Gasteiger partial charge in [-0.25, -0.2) is 9.59 Å². The molecule has 0 bridgehead atoms. The molecule has 30 heavy (non-hydrogen) atoms. The predicted octanol–water partition coefficient (Wildman–Crippen LogP) is 3.09. The lowest BCUT2D eigenvalue weighted by molar-refractivity contribution is -0.119. The SMILES string of the molecule is CCOC(=O)c1ccccc1NC(=O)COC(=O)c1ccc2c(c1)NC(=O)C(C)S2. The largest absolute Gasteiger partial charge is 0.462 e. The third-order valence-corrected chi connectivity index (χ3v) is 5.35. The van der Waals surface area contributed by atoms with Crippen LogP contribution in [0.5, 0.6) is 0 Å².